The number of rotatable bonds is 6. The number of pyridine rings is 2. The highest BCUT2D eigenvalue weighted by Gasteiger charge is 2.30. The number of amides is 1. The average Bonchev–Trinajstić information content (AvgIpc) is 3.35. The van der Waals surface area contributed by atoms with Crippen LogP contribution in [0.25, 0.3) is 44.2 Å². The zero-order valence-electron chi connectivity index (χ0n) is 24.9. The molecule has 1 aliphatic rings. The van der Waals surface area contributed by atoms with Crippen LogP contribution in [0.1, 0.15) is 56.8 Å². The van der Waals surface area contributed by atoms with Crippen molar-refractivity contribution in [3.05, 3.63) is 64.3 Å². The van der Waals surface area contributed by atoms with Gasteiger partial charge in [0.05, 0.1) is 24.5 Å². The third kappa shape index (κ3) is 5.15. The predicted octanol–water partition coefficient (Wildman–Crippen LogP) is 4.39. The zero-order chi connectivity index (χ0) is 31.6. The van der Waals surface area contributed by atoms with Crippen molar-refractivity contribution in [3.8, 4) is 11.1 Å². The van der Waals surface area contributed by atoms with Crippen molar-refractivity contribution < 1.29 is 23.8 Å². The third-order valence-corrected chi connectivity index (χ3v) is 7.52. The third-order valence-electron chi connectivity index (χ3n) is 7.52. The number of nitrogens with one attached hydrogen (secondary N) is 1. The van der Waals surface area contributed by atoms with Gasteiger partial charge >= 0.3 is 12.2 Å². The standard InChI is InChI=1S/C30H29N9O6/c1-15-20(16-9-17-11-33-39(29(42)43)26(17)31-10-16)7-8-21-24(15)38(19-5-6-19)27(40)23-25(21)44-22(34-23)14-37-13-18(35-36-37)12-32-28(41)45-30(2,3)4/h7-11,13,19H,5-6,12,14H2,1-4H3,(H,32,41)(H,42,43). The Morgan fingerprint density at radius 3 is 2.73 bits per heavy atom. The number of hydrogen-bond acceptors (Lipinski definition) is 10. The van der Waals surface area contributed by atoms with Gasteiger partial charge in [0.2, 0.25) is 5.89 Å². The van der Waals surface area contributed by atoms with E-state index in [1.165, 1.54) is 10.9 Å². The van der Waals surface area contributed by atoms with Crippen molar-refractivity contribution in [2.24, 2.45) is 0 Å². The van der Waals surface area contributed by atoms with Gasteiger partial charge in [0.25, 0.3) is 5.56 Å². The van der Waals surface area contributed by atoms with Crippen LogP contribution in [0.4, 0.5) is 9.59 Å². The van der Waals surface area contributed by atoms with E-state index in [2.05, 4.69) is 30.7 Å². The van der Waals surface area contributed by atoms with Crippen molar-refractivity contribution in [1.82, 2.24) is 44.6 Å². The molecule has 7 rings (SSSR count). The summed E-state index contributed by atoms with van der Waals surface area (Å²) in [5, 5.41) is 25.5. The second-order valence-corrected chi connectivity index (χ2v) is 12.1. The Bertz CT molecular complexity index is 2210. The zero-order valence-corrected chi connectivity index (χ0v) is 24.9. The van der Waals surface area contributed by atoms with Crippen LogP contribution in [-0.4, -0.2) is 62.2 Å². The lowest BCUT2D eigenvalue weighted by molar-refractivity contribution is 0.0522. The lowest BCUT2D eigenvalue weighted by atomic mass is 9.97. The number of oxazole rings is 1. The molecule has 0 unspecified atom stereocenters. The second-order valence-electron chi connectivity index (χ2n) is 12.1. The summed E-state index contributed by atoms with van der Waals surface area (Å²) in [5.41, 5.74) is 3.79. The fourth-order valence-corrected chi connectivity index (χ4v) is 5.48. The van der Waals surface area contributed by atoms with E-state index in [1.54, 1.807) is 33.2 Å². The molecule has 1 amide bonds. The number of carboxylic acid groups (broad SMARTS) is 1. The van der Waals surface area contributed by atoms with Gasteiger partial charge in [0, 0.05) is 28.6 Å². The van der Waals surface area contributed by atoms with Crippen LogP contribution in [0.3, 0.4) is 0 Å². The highest BCUT2D eigenvalue weighted by molar-refractivity contribution is 6.04. The van der Waals surface area contributed by atoms with Crippen LogP contribution in [-0.2, 0) is 17.8 Å². The molecule has 2 N–H and O–H groups in total. The smallest absolute Gasteiger partial charge is 0.434 e. The first kappa shape index (κ1) is 28.2. The molecule has 1 fully saturated rings. The van der Waals surface area contributed by atoms with E-state index in [1.807, 2.05) is 29.7 Å². The van der Waals surface area contributed by atoms with Gasteiger partial charge in [-0.05, 0) is 63.8 Å². The molecular weight excluding hydrogens is 582 g/mol. The predicted molar refractivity (Wildman–Crippen MR) is 161 cm³/mol. The number of aryl methyl sites for hydroxylation is 1. The molecule has 5 aromatic heterocycles. The fourth-order valence-electron chi connectivity index (χ4n) is 5.48. The molecule has 1 saturated carbocycles. The number of nitrogens with zero attached hydrogens (tertiary/aromatic N) is 8. The van der Waals surface area contributed by atoms with E-state index in [-0.39, 0.29) is 35.9 Å². The van der Waals surface area contributed by atoms with Crippen molar-refractivity contribution in [2.45, 2.75) is 65.3 Å². The Kier molecular flexibility index (Phi) is 6.42. The summed E-state index contributed by atoms with van der Waals surface area (Å²) >= 11 is 0. The molecule has 1 aromatic carbocycles. The largest absolute Gasteiger partial charge is 0.463 e. The summed E-state index contributed by atoms with van der Waals surface area (Å²) in [4.78, 5) is 46.2. The highest BCUT2D eigenvalue weighted by atomic mass is 16.6. The quantitative estimate of drug-likeness (QED) is 0.272. The Balaban J connectivity index is 1.23. The normalized spacial score (nSPS) is 13.6. The van der Waals surface area contributed by atoms with E-state index >= 15 is 0 Å². The van der Waals surface area contributed by atoms with Gasteiger partial charge in [0.15, 0.2) is 16.7 Å². The molecule has 0 saturated heterocycles. The topological polar surface area (TPSA) is 185 Å². The average molecular weight is 612 g/mol. The summed E-state index contributed by atoms with van der Waals surface area (Å²) in [6.07, 6.45) is 4.73. The van der Waals surface area contributed by atoms with E-state index in [4.69, 9.17) is 9.15 Å². The van der Waals surface area contributed by atoms with Crippen molar-refractivity contribution >= 4 is 45.2 Å². The molecule has 6 aromatic rings. The first-order valence-electron chi connectivity index (χ1n) is 14.4. The molecule has 45 heavy (non-hydrogen) atoms. The lowest BCUT2D eigenvalue weighted by Gasteiger charge is -2.19. The molecule has 1 aliphatic carbocycles. The minimum Gasteiger partial charge on any atom is -0.463 e. The Hall–Kier alpha value is -5.60. The van der Waals surface area contributed by atoms with Crippen molar-refractivity contribution in [2.75, 3.05) is 0 Å². The van der Waals surface area contributed by atoms with E-state index in [0.717, 1.165) is 45.1 Å². The number of carbonyl (C=O) groups excluding carboxylic acids is 1. The molecule has 15 nitrogen and oxygen atoms in total. The molecule has 5 heterocycles. The first-order chi connectivity index (χ1) is 21.5. The summed E-state index contributed by atoms with van der Waals surface area (Å²) in [5.74, 6) is 0.292. The van der Waals surface area contributed by atoms with Crippen LogP contribution in [0.2, 0.25) is 0 Å². The van der Waals surface area contributed by atoms with Gasteiger partial charge in [-0.2, -0.15) is 5.10 Å². The van der Waals surface area contributed by atoms with Crippen LogP contribution < -0.4 is 10.9 Å². The number of hydrogen-bond donors (Lipinski definition) is 2. The van der Waals surface area contributed by atoms with Gasteiger partial charge in [-0.15, -0.1) is 9.78 Å². The molecule has 0 bridgehead atoms. The molecule has 15 heteroatoms. The van der Waals surface area contributed by atoms with Crippen LogP contribution in [0.15, 0.2) is 46.0 Å². The SMILES string of the molecule is Cc1c(-c2cnc3c(cnn3C(=O)O)c2)ccc2c3oc(Cn4cc(CNC(=O)OC(C)(C)C)nn4)nc3c(=O)n(C3CC3)c12. The van der Waals surface area contributed by atoms with Gasteiger partial charge in [0.1, 0.15) is 17.8 Å². The van der Waals surface area contributed by atoms with Gasteiger partial charge < -0.3 is 24.1 Å². The van der Waals surface area contributed by atoms with E-state index in [9.17, 15) is 19.5 Å². The lowest BCUT2D eigenvalue weighted by Crippen LogP contribution is -2.32. The number of ether oxygens (including phenoxy) is 1. The minimum atomic E-state index is -1.21. The molecule has 0 atom stereocenters. The van der Waals surface area contributed by atoms with Gasteiger partial charge in [-0.1, -0.05) is 11.3 Å². The molecule has 0 radical (unpaired) electrons. The highest BCUT2D eigenvalue weighted by Crippen LogP contribution is 2.40. The number of carbonyl (C=O) groups is 2. The summed E-state index contributed by atoms with van der Waals surface area (Å²) in [7, 11) is 0. The summed E-state index contributed by atoms with van der Waals surface area (Å²) in [6.45, 7) is 7.56. The molecular formula is C30H29N9O6. The van der Waals surface area contributed by atoms with E-state index in [0.29, 0.717) is 22.6 Å². The number of benzene rings is 1. The maximum atomic E-state index is 13.9. The van der Waals surface area contributed by atoms with Crippen LogP contribution in [0, 0.1) is 6.92 Å². The maximum Gasteiger partial charge on any atom is 0.434 e. The second kappa shape index (κ2) is 10.2. The Morgan fingerprint density at radius 1 is 1.20 bits per heavy atom. The van der Waals surface area contributed by atoms with Crippen molar-refractivity contribution in [3.63, 3.8) is 0 Å². The molecule has 0 aliphatic heterocycles. The number of alkyl carbamates (subject to hydrolysis) is 1. The maximum absolute atomic E-state index is 13.9. The van der Waals surface area contributed by atoms with Crippen LogP contribution >= 0.6 is 0 Å². The Labute approximate surface area is 254 Å². The monoisotopic (exact) mass is 611 g/mol. The summed E-state index contributed by atoms with van der Waals surface area (Å²) in [6, 6.07) is 5.74. The molecule has 230 valence electrons. The van der Waals surface area contributed by atoms with Crippen molar-refractivity contribution in [1.29, 1.82) is 0 Å². The molecule has 0 spiro atoms. The van der Waals surface area contributed by atoms with E-state index < -0.39 is 17.8 Å². The van der Waals surface area contributed by atoms with Crippen LogP contribution in [0.5, 0.6) is 0 Å². The van der Waals surface area contributed by atoms with Gasteiger partial charge in [-0.3, -0.25) is 4.79 Å². The Morgan fingerprint density at radius 2 is 2.00 bits per heavy atom. The number of aromatic nitrogens is 8. The first-order valence-corrected chi connectivity index (χ1v) is 14.4. The van der Waals surface area contributed by atoms with Gasteiger partial charge in [-0.25, -0.2) is 24.2 Å². The summed E-state index contributed by atoms with van der Waals surface area (Å²) < 4.78 is 15.6. The fraction of sp³-hybridized carbons (Fsp3) is 0.333. The number of fused-ring (bicyclic) bond motifs is 4. The minimum absolute atomic E-state index is 0.0586.